The first-order valence-corrected chi connectivity index (χ1v) is 14.7. The van der Waals surface area contributed by atoms with Gasteiger partial charge in [0.05, 0.1) is 54.3 Å². The molecule has 0 radical (unpaired) electrons. The topological polar surface area (TPSA) is 173 Å². The van der Waals surface area contributed by atoms with E-state index in [1.165, 1.54) is 50.5 Å². The second kappa shape index (κ2) is 11.3. The Morgan fingerprint density at radius 2 is 1.88 bits per heavy atom. The number of carbonyl (C=O) groups is 1. The highest BCUT2D eigenvalue weighted by Crippen LogP contribution is 2.47. The number of sulfonamides is 1. The Morgan fingerprint density at radius 1 is 1.14 bits per heavy atom. The fraction of sp³-hybridized carbons (Fsp3) is 0.296. The number of anilines is 1. The van der Waals surface area contributed by atoms with Crippen molar-refractivity contribution in [3.05, 3.63) is 57.8 Å². The molecule has 2 heterocycles. The van der Waals surface area contributed by atoms with Gasteiger partial charge < -0.3 is 29.2 Å². The number of methoxy groups -OCH3 is 3. The minimum absolute atomic E-state index is 0.0876. The van der Waals surface area contributed by atoms with E-state index in [4.69, 9.17) is 30.9 Å². The maximum absolute atomic E-state index is 13.9. The number of aliphatic hydroxyl groups is 1. The standard InChI is InChI=1S/C27H27ClN4O9S/c1-39-22-9-14-8-19(30-24(14)26(41-3)25(22)40-2)27(34)31-13-15(12-28)23-17-5-4-16(42(37,38)29-6-7-33)10-18(17)20(32(35)36)11-21(23)31/h4-5,8-11,15,29-30,33H,6-7,12-13H2,1-3H3. The largest absolute Gasteiger partial charge is 0.493 e. The van der Waals surface area contributed by atoms with E-state index in [9.17, 15) is 23.3 Å². The molecule has 0 spiro atoms. The van der Waals surface area contributed by atoms with Crippen LogP contribution < -0.4 is 23.8 Å². The molecule has 15 heteroatoms. The average molecular weight is 619 g/mol. The first-order valence-electron chi connectivity index (χ1n) is 12.6. The average Bonchev–Trinajstić information content (AvgIpc) is 3.59. The fourth-order valence-corrected chi connectivity index (χ4v) is 6.66. The van der Waals surface area contributed by atoms with Gasteiger partial charge >= 0.3 is 0 Å². The quantitative estimate of drug-likeness (QED) is 0.136. The Balaban J connectivity index is 1.66. The van der Waals surface area contributed by atoms with Crippen LogP contribution in [0, 0.1) is 10.1 Å². The summed E-state index contributed by atoms with van der Waals surface area (Å²) in [6.45, 7) is -0.478. The van der Waals surface area contributed by atoms with E-state index in [-0.39, 0.29) is 46.6 Å². The number of ether oxygens (including phenoxy) is 3. The van der Waals surface area contributed by atoms with Crippen molar-refractivity contribution < 1.29 is 37.5 Å². The number of amides is 1. The fourth-order valence-electron chi connectivity index (χ4n) is 5.36. The van der Waals surface area contributed by atoms with Crippen molar-refractivity contribution in [1.29, 1.82) is 0 Å². The molecule has 3 N–H and O–H groups in total. The van der Waals surface area contributed by atoms with Gasteiger partial charge in [-0.15, -0.1) is 11.6 Å². The zero-order valence-corrected chi connectivity index (χ0v) is 24.3. The molecule has 42 heavy (non-hydrogen) atoms. The van der Waals surface area contributed by atoms with Crippen LogP contribution in [0.3, 0.4) is 0 Å². The molecule has 1 aliphatic heterocycles. The van der Waals surface area contributed by atoms with Crippen molar-refractivity contribution in [3.63, 3.8) is 0 Å². The molecule has 3 aromatic carbocycles. The third kappa shape index (κ3) is 4.75. The summed E-state index contributed by atoms with van der Waals surface area (Å²) < 4.78 is 44.0. The first-order chi connectivity index (χ1) is 20.1. The highest BCUT2D eigenvalue weighted by atomic mass is 35.5. The summed E-state index contributed by atoms with van der Waals surface area (Å²) in [5, 5.41) is 22.3. The van der Waals surface area contributed by atoms with Gasteiger partial charge in [-0.25, -0.2) is 13.1 Å². The molecule has 1 aromatic heterocycles. The molecule has 4 aromatic rings. The third-order valence-corrected chi connectivity index (χ3v) is 9.03. The van der Waals surface area contributed by atoms with E-state index in [0.717, 1.165) is 0 Å². The van der Waals surface area contributed by atoms with Crippen LogP contribution in [-0.2, 0) is 10.0 Å². The molecule has 13 nitrogen and oxygen atoms in total. The van der Waals surface area contributed by atoms with Gasteiger partial charge in [-0.3, -0.25) is 14.9 Å². The van der Waals surface area contributed by atoms with Crippen LogP contribution in [-0.4, -0.2) is 76.2 Å². The number of nitrogens with one attached hydrogen (secondary N) is 2. The molecule has 0 saturated carbocycles. The normalized spacial score (nSPS) is 14.8. The lowest BCUT2D eigenvalue weighted by Crippen LogP contribution is -2.30. The van der Waals surface area contributed by atoms with Crippen molar-refractivity contribution in [2.45, 2.75) is 10.8 Å². The molecule has 222 valence electrons. The van der Waals surface area contributed by atoms with E-state index in [2.05, 4.69) is 9.71 Å². The number of hydrogen-bond acceptors (Lipinski definition) is 9. The number of nitro benzene ring substituents is 1. The van der Waals surface area contributed by atoms with Gasteiger partial charge in [-0.2, -0.15) is 0 Å². The second-order valence-corrected chi connectivity index (χ2v) is 11.5. The Kier molecular flexibility index (Phi) is 7.90. The van der Waals surface area contributed by atoms with E-state index in [1.54, 1.807) is 12.1 Å². The third-order valence-electron chi connectivity index (χ3n) is 7.20. The number of benzene rings is 3. The molecular weight excluding hydrogens is 592 g/mol. The van der Waals surface area contributed by atoms with Crippen molar-refractivity contribution >= 4 is 60.6 Å². The number of nitro groups is 1. The maximum atomic E-state index is 13.9. The molecule has 0 bridgehead atoms. The van der Waals surface area contributed by atoms with Crippen molar-refractivity contribution in [1.82, 2.24) is 9.71 Å². The number of nitrogens with zero attached hydrogens (tertiary/aromatic N) is 2. The molecule has 1 aliphatic rings. The Morgan fingerprint density at radius 3 is 2.50 bits per heavy atom. The molecule has 0 saturated heterocycles. The van der Waals surface area contributed by atoms with Crippen molar-refractivity contribution in [3.8, 4) is 17.2 Å². The monoisotopic (exact) mass is 618 g/mol. The van der Waals surface area contributed by atoms with Crippen LogP contribution in [0.1, 0.15) is 22.0 Å². The number of aromatic amines is 1. The summed E-state index contributed by atoms with van der Waals surface area (Å²) in [4.78, 5) is 29.8. The number of carbonyl (C=O) groups excluding carboxylic acids is 1. The Bertz CT molecular complexity index is 1840. The molecule has 0 fully saturated rings. The number of hydrogen-bond donors (Lipinski definition) is 3. The predicted octanol–water partition coefficient (Wildman–Crippen LogP) is 3.51. The minimum Gasteiger partial charge on any atom is -0.493 e. The van der Waals surface area contributed by atoms with Gasteiger partial charge in [-0.05, 0) is 35.2 Å². The van der Waals surface area contributed by atoms with Crippen molar-refractivity contribution in [2.75, 3.05) is 51.8 Å². The SMILES string of the molecule is COc1cc2cc(C(=O)N3CC(CCl)c4c3cc([N+](=O)[O-])c3cc(S(=O)(=O)NCCO)ccc43)[nH]c2c(OC)c1OC. The van der Waals surface area contributed by atoms with Gasteiger partial charge in [0.15, 0.2) is 11.5 Å². The highest BCUT2D eigenvalue weighted by molar-refractivity contribution is 7.89. The summed E-state index contributed by atoms with van der Waals surface area (Å²) in [6.07, 6.45) is 0. The summed E-state index contributed by atoms with van der Waals surface area (Å²) in [5.41, 5.74) is 1.23. The maximum Gasteiger partial charge on any atom is 0.279 e. The summed E-state index contributed by atoms with van der Waals surface area (Å²) >= 11 is 6.33. The van der Waals surface area contributed by atoms with Crippen LogP contribution in [0.15, 0.2) is 41.3 Å². The Labute approximate surface area is 245 Å². The number of fused-ring (bicyclic) bond motifs is 4. The zero-order chi connectivity index (χ0) is 30.3. The zero-order valence-electron chi connectivity index (χ0n) is 22.8. The summed E-state index contributed by atoms with van der Waals surface area (Å²) in [6, 6.07) is 8.62. The van der Waals surface area contributed by atoms with E-state index in [0.29, 0.717) is 44.8 Å². The van der Waals surface area contributed by atoms with Crippen molar-refractivity contribution in [2.24, 2.45) is 0 Å². The smallest absolute Gasteiger partial charge is 0.279 e. The van der Waals surface area contributed by atoms with Crippen LogP contribution in [0.25, 0.3) is 21.7 Å². The summed E-state index contributed by atoms with van der Waals surface area (Å²) in [7, 11) is 0.380. The lowest BCUT2D eigenvalue weighted by molar-refractivity contribution is -0.383. The molecular formula is C27H27ClN4O9S. The molecule has 1 amide bonds. The van der Waals surface area contributed by atoms with E-state index >= 15 is 0 Å². The predicted molar refractivity (Wildman–Crippen MR) is 156 cm³/mol. The van der Waals surface area contributed by atoms with Crippen LogP contribution in [0.5, 0.6) is 17.2 Å². The van der Waals surface area contributed by atoms with Gasteiger partial charge in [0.2, 0.25) is 15.8 Å². The highest BCUT2D eigenvalue weighted by Gasteiger charge is 2.37. The number of aromatic nitrogens is 1. The van der Waals surface area contributed by atoms with Gasteiger partial charge in [0, 0.05) is 36.3 Å². The number of halogens is 1. The summed E-state index contributed by atoms with van der Waals surface area (Å²) in [5.74, 6) is 0.355. The number of aliphatic hydroxyl groups excluding tert-OH is 1. The molecule has 1 atom stereocenters. The molecule has 1 unspecified atom stereocenters. The molecule has 5 rings (SSSR count). The lowest BCUT2D eigenvalue weighted by Gasteiger charge is -2.17. The number of H-pyrrole nitrogens is 1. The Hall–Kier alpha value is -4.11. The van der Waals surface area contributed by atoms with Gasteiger partial charge in [0.25, 0.3) is 11.6 Å². The van der Waals surface area contributed by atoms with Gasteiger partial charge in [-0.1, -0.05) is 6.07 Å². The minimum atomic E-state index is -4.03. The van der Waals surface area contributed by atoms with E-state index < -0.39 is 27.5 Å². The second-order valence-electron chi connectivity index (χ2n) is 9.47. The van der Waals surface area contributed by atoms with Crippen LogP contribution >= 0.6 is 11.6 Å². The number of alkyl halides is 1. The number of rotatable bonds is 10. The van der Waals surface area contributed by atoms with Crippen LogP contribution in [0.4, 0.5) is 11.4 Å². The lowest BCUT2D eigenvalue weighted by atomic mass is 9.95. The first kappa shape index (κ1) is 29.4. The van der Waals surface area contributed by atoms with Gasteiger partial charge in [0.1, 0.15) is 5.69 Å². The number of non-ortho nitro benzene ring substituents is 1. The van der Waals surface area contributed by atoms with E-state index in [1.807, 2.05) is 0 Å². The van der Waals surface area contributed by atoms with Crippen LogP contribution in [0.2, 0.25) is 0 Å². The molecule has 0 aliphatic carbocycles.